The number of benzene rings is 2. The molecule has 2 amide bonds. The number of piperidine rings is 1. The van der Waals surface area contributed by atoms with Gasteiger partial charge in [0.15, 0.2) is 0 Å². The Balaban J connectivity index is 1.58. The number of carbonyl (C=O) groups is 2. The molecule has 1 aliphatic heterocycles. The van der Waals surface area contributed by atoms with Crippen LogP contribution in [0.3, 0.4) is 0 Å². The van der Waals surface area contributed by atoms with Crippen molar-refractivity contribution in [2.45, 2.75) is 25.2 Å². The van der Waals surface area contributed by atoms with Gasteiger partial charge < -0.3 is 10.2 Å². The monoisotopic (exact) mass is 478 g/mol. The molecule has 172 valence electrons. The predicted molar refractivity (Wildman–Crippen MR) is 105 cm³/mol. The number of amides is 2. The Morgan fingerprint density at radius 1 is 0.906 bits per heavy atom. The summed E-state index contributed by atoms with van der Waals surface area (Å²) in [7, 11) is 0. The summed E-state index contributed by atoms with van der Waals surface area (Å²) in [6, 6.07) is 6.92. The lowest BCUT2D eigenvalue weighted by Gasteiger charge is -2.31. The van der Waals surface area contributed by atoms with Gasteiger partial charge in [0, 0.05) is 30.3 Å². The highest BCUT2D eigenvalue weighted by Gasteiger charge is 2.34. The van der Waals surface area contributed by atoms with Crippen molar-refractivity contribution in [1.82, 2.24) is 4.90 Å². The summed E-state index contributed by atoms with van der Waals surface area (Å²) in [5, 5.41) is 1.96. The normalized spacial score (nSPS) is 15.5. The number of likely N-dealkylation sites (tertiary alicyclic amines) is 1. The van der Waals surface area contributed by atoms with Crippen LogP contribution in [0.25, 0.3) is 0 Å². The number of carbonyl (C=O) groups excluding carboxylic acids is 2. The molecule has 1 saturated heterocycles. The molecule has 2 aromatic rings. The van der Waals surface area contributed by atoms with Gasteiger partial charge in [0.1, 0.15) is 0 Å². The van der Waals surface area contributed by atoms with Gasteiger partial charge in [-0.15, -0.1) is 0 Å². The van der Waals surface area contributed by atoms with E-state index in [0.29, 0.717) is 0 Å². The molecule has 0 spiro atoms. The van der Waals surface area contributed by atoms with E-state index in [0.717, 1.165) is 36.4 Å². The maximum absolute atomic E-state index is 13.0. The van der Waals surface area contributed by atoms with Crippen LogP contribution >= 0.6 is 11.6 Å². The van der Waals surface area contributed by atoms with E-state index >= 15 is 0 Å². The molecular weight excluding hydrogens is 462 g/mol. The summed E-state index contributed by atoms with van der Waals surface area (Å²) in [6.45, 7) is 0.374. The highest BCUT2D eigenvalue weighted by Crippen LogP contribution is 2.36. The molecule has 0 aliphatic carbocycles. The first-order valence-corrected chi connectivity index (χ1v) is 9.88. The van der Waals surface area contributed by atoms with Gasteiger partial charge in [-0.25, -0.2) is 0 Å². The molecule has 32 heavy (non-hydrogen) atoms. The Morgan fingerprint density at radius 3 is 2.03 bits per heavy atom. The van der Waals surface area contributed by atoms with Crippen LogP contribution in [0.4, 0.5) is 32.0 Å². The van der Waals surface area contributed by atoms with Crippen LogP contribution < -0.4 is 5.32 Å². The van der Waals surface area contributed by atoms with Crippen molar-refractivity contribution in [2.24, 2.45) is 5.92 Å². The van der Waals surface area contributed by atoms with Crippen LogP contribution in [0, 0.1) is 5.92 Å². The zero-order chi connectivity index (χ0) is 23.7. The van der Waals surface area contributed by atoms with E-state index in [1.807, 2.05) is 0 Å². The van der Waals surface area contributed by atoms with Crippen molar-refractivity contribution >= 4 is 29.1 Å². The fourth-order valence-electron chi connectivity index (χ4n) is 3.39. The molecule has 3 rings (SSSR count). The van der Waals surface area contributed by atoms with Crippen LogP contribution in [-0.2, 0) is 17.1 Å². The van der Waals surface area contributed by atoms with Gasteiger partial charge in [0.2, 0.25) is 5.91 Å². The third-order valence-corrected chi connectivity index (χ3v) is 5.48. The lowest BCUT2D eigenvalue weighted by atomic mass is 9.95. The minimum atomic E-state index is -4.66. The summed E-state index contributed by atoms with van der Waals surface area (Å²) in [5.74, 6) is -1.47. The fraction of sp³-hybridized carbons (Fsp3) is 0.333. The Labute approximate surface area is 184 Å². The lowest BCUT2D eigenvalue weighted by molar-refractivity contribution is -0.138. The van der Waals surface area contributed by atoms with Gasteiger partial charge >= 0.3 is 12.4 Å². The topological polar surface area (TPSA) is 49.4 Å². The first-order valence-electron chi connectivity index (χ1n) is 9.50. The molecule has 0 saturated carbocycles. The summed E-state index contributed by atoms with van der Waals surface area (Å²) >= 11 is 5.57. The SMILES string of the molecule is O=C(Nc1ccc(Cl)c(C(F)(F)F)c1)C1CCN(C(=O)c2ccc(C(F)(F)F)cc2)CC1. The molecule has 11 heteroatoms. The third-order valence-electron chi connectivity index (χ3n) is 5.15. The number of anilines is 1. The molecule has 1 aliphatic rings. The van der Waals surface area contributed by atoms with Gasteiger partial charge in [-0.2, -0.15) is 26.3 Å². The second kappa shape index (κ2) is 9.01. The van der Waals surface area contributed by atoms with Crippen molar-refractivity contribution in [3.63, 3.8) is 0 Å². The van der Waals surface area contributed by atoms with Gasteiger partial charge in [-0.1, -0.05) is 11.6 Å². The Bertz CT molecular complexity index is 997. The van der Waals surface area contributed by atoms with Crippen molar-refractivity contribution in [3.8, 4) is 0 Å². The molecule has 0 bridgehead atoms. The number of alkyl halides is 6. The average molecular weight is 479 g/mol. The summed E-state index contributed by atoms with van der Waals surface area (Å²) in [5.41, 5.74) is -1.87. The highest BCUT2D eigenvalue weighted by atomic mass is 35.5. The minimum absolute atomic E-state index is 0.0463. The summed E-state index contributed by atoms with van der Waals surface area (Å²) in [6.07, 6.45) is -8.64. The molecule has 1 N–H and O–H groups in total. The molecule has 0 radical (unpaired) electrons. The number of halogens is 7. The molecule has 4 nitrogen and oxygen atoms in total. The van der Waals surface area contributed by atoms with E-state index in [1.54, 1.807) is 0 Å². The van der Waals surface area contributed by atoms with E-state index in [4.69, 9.17) is 11.6 Å². The van der Waals surface area contributed by atoms with Gasteiger partial charge in [-0.05, 0) is 55.3 Å². The van der Waals surface area contributed by atoms with Crippen molar-refractivity contribution < 1.29 is 35.9 Å². The predicted octanol–water partition coefficient (Wildman–Crippen LogP) is 5.87. The number of hydrogen-bond donors (Lipinski definition) is 1. The van der Waals surface area contributed by atoms with Crippen LogP contribution in [0.1, 0.15) is 34.3 Å². The molecule has 0 atom stereocenters. The van der Waals surface area contributed by atoms with Crippen LogP contribution in [0.5, 0.6) is 0 Å². The van der Waals surface area contributed by atoms with Gasteiger partial charge in [0.05, 0.1) is 16.1 Å². The summed E-state index contributed by atoms with van der Waals surface area (Å²) < 4.78 is 76.9. The van der Waals surface area contributed by atoms with Crippen molar-refractivity contribution in [3.05, 3.63) is 64.2 Å². The number of nitrogens with zero attached hydrogens (tertiary/aromatic N) is 1. The van der Waals surface area contributed by atoms with Crippen molar-refractivity contribution in [2.75, 3.05) is 18.4 Å². The smallest absolute Gasteiger partial charge is 0.339 e. The molecule has 0 aromatic heterocycles. The second-order valence-electron chi connectivity index (χ2n) is 7.32. The van der Waals surface area contributed by atoms with Crippen LogP contribution in [-0.4, -0.2) is 29.8 Å². The van der Waals surface area contributed by atoms with Gasteiger partial charge in [-0.3, -0.25) is 9.59 Å². The van der Waals surface area contributed by atoms with E-state index in [-0.39, 0.29) is 37.2 Å². The molecule has 1 heterocycles. The number of hydrogen-bond acceptors (Lipinski definition) is 2. The number of rotatable bonds is 3. The Morgan fingerprint density at radius 2 is 1.50 bits per heavy atom. The molecular formula is C21H17ClF6N2O2. The van der Waals surface area contributed by atoms with Crippen LogP contribution in [0.2, 0.25) is 5.02 Å². The first kappa shape index (κ1) is 23.9. The second-order valence-corrected chi connectivity index (χ2v) is 7.73. The zero-order valence-corrected chi connectivity index (χ0v) is 17.1. The van der Waals surface area contributed by atoms with Crippen molar-refractivity contribution in [1.29, 1.82) is 0 Å². The summed E-state index contributed by atoms with van der Waals surface area (Å²) in [4.78, 5) is 26.4. The zero-order valence-electron chi connectivity index (χ0n) is 16.4. The Kier molecular flexibility index (Phi) is 6.73. The minimum Gasteiger partial charge on any atom is -0.339 e. The lowest BCUT2D eigenvalue weighted by Crippen LogP contribution is -2.41. The first-order chi connectivity index (χ1) is 14.9. The van der Waals surface area contributed by atoms with Gasteiger partial charge in [0.25, 0.3) is 5.91 Å². The quantitative estimate of drug-likeness (QED) is 0.561. The largest absolute Gasteiger partial charge is 0.417 e. The molecule has 1 fully saturated rings. The van der Waals surface area contributed by atoms with E-state index < -0.39 is 46.2 Å². The molecule has 0 unspecified atom stereocenters. The maximum Gasteiger partial charge on any atom is 0.417 e. The Hall–Kier alpha value is -2.75. The standard InChI is InChI=1S/C21H17ClF6N2O2/c22-17-6-5-15(11-16(17)21(26,27)28)29-18(31)12-7-9-30(10-8-12)19(32)13-1-3-14(4-2-13)20(23,24)25/h1-6,11-12H,7-10H2,(H,29,31). The van der Waals surface area contributed by atoms with E-state index in [2.05, 4.69) is 5.32 Å². The van der Waals surface area contributed by atoms with Crippen LogP contribution in [0.15, 0.2) is 42.5 Å². The molecule has 2 aromatic carbocycles. The highest BCUT2D eigenvalue weighted by molar-refractivity contribution is 6.31. The third kappa shape index (κ3) is 5.53. The maximum atomic E-state index is 13.0. The van der Waals surface area contributed by atoms with E-state index in [1.165, 1.54) is 11.0 Å². The number of nitrogens with one attached hydrogen (secondary N) is 1. The fourth-order valence-corrected chi connectivity index (χ4v) is 3.62. The van der Waals surface area contributed by atoms with E-state index in [9.17, 15) is 35.9 Å². The average Bonchev–Trinajstić information content (AvgIpc) is 2.73.